The summed E-state index contributed by atoms with van der Waals surface area (Å²) >= 11 is 0. The van der Waals surface area contributed by atoms with Crippen molar-refractivity contribution in [2.75, 3.05) is 0 Å². The summed E-state index contributed by atoms with van der Waals surface area (Å²) in [5.74, 6) is 0.821. The quantitative estimate of drug-likeness (QED) is 0.888. The highest BCUT2D eigenvalue weighted by Gasteiger charge is 2.22. The number of fused-ring (bicyclic) bond motifs is 1. The van der Waals surface area contributed by atoms with Crippen molar-refractivity contribution < 1.29 is 0 Å². The zero-order valence-electron chi connectivity index (χ0n) is 10.9. The minimum absolute atomic E-state index is 0.696. The minimum Gasteiger partial charge on any atom is -0.310 e. The number of pyridine rings is 1. The van der Waals surface area contributed by atoms with E-state index in [9.17, 15) is 0 Å². The second-order valence-corrected chi connectivity index (χ2v) is 5.41. The van der Waals surface area contributed by atoms with Crippen LogP contribution in [0.15, 0.2) is 36.7 Å². The molecule has 1 fully saturated rings. The first-order chi connectivity index (χ1) is 8.84. The lowest BCUT2D eigenvalue weighted by atomic mass is 10.0. The van der Waals surface area contributed by atoms with Crippen molar-refractivity contribution in [2.24, 2.45) is 5.92 Å². The van der Waals surface area contributed by atoms with Crippen LogP contribution in [0.4, 0.5) is 0 Å². The molecule has 1 N–H and O–H groups in total. The van der Waals surface area contributed by atoms with Gasteiger partial charge in [0.15, 0.2) is 0 Å². The van der Waals surface area contributed by atoms with Crippen molar-refractivity contribution in [3.63, 3.8) is 0 Å². The largest absolute Gasteiger partial charge is 0.310 e. The molecule has 0 aliphatic heterocycles. The molecule has 1 saturated carbocycles. The molecule has 94 valence electrons. The first-order valence-electron chi connectivity index (χ1n) is 6.89. The molecule has 1 aliphatic carbocycles. The highest BCUT2D eigenvalue weighted by Crippen LogP contribution is 2.25. The summed E-state index contributed by atoms with van der Waals surface area (Å²) in [5.41, 5.74) is 1.38. The van der Waals surface area contributed by atoms with Gasteiger partial charge in [0.1, 0.15) is 0 Å². The van der Waals surface area contributed by atoms with Crippen LogP contribution in [-0.4, -0.2) is 11.0 Å². The van der Waals surface area contributed by atoms with Crippen LogP contribution in [0.25, 0.3) is 10.8 Å². The second kappa shape index (κ2) is 5.07. The molecule has 2 heteroatoms. The number of benzene rings is 1. The van der Waals surface area contributed by atoms with Crippen LogP contribution in [0.2, 0.25) is 0 Å². The van der Waals surface area contributed by atoms with Crippen LogP contribution in [0, 0.1) is 5.92 Å². The normalized spacial score (nSPS) is 23.6. The van der Waals surface area contributed by atoms with E-state index in [4.69, 9.17) is 0 Å². The van der Waals surface area contributed by atoms with Crippen LogP contribution < -0.4 is 5.32 Å². The topological polar surface area (TPSA) is 24.9 Å². The van der Waals surface area contributed by atoms with Gasteiger partial charge in [-0.05, 0) is 35.8 Å². The SMILES string of the molecule is CC1CCCC1NCc1cccc2cnccc12. The molecule has 1 heterocycles. The van der Waals surface area contributed by atoms with Gasteiger partial charge < -0.3 is 5.32 Å². The molecule has 2 nitrogen and oxygen atoms in total. The number of hydrogen-bond donors (Lipinski definition) is 1. The van der Waals surface area contributed by atoms with Crippen LogP contribution >= 0.6 is 0 Å². The van der Waals surface area contributed by atoms with Crippen molar-refractivity contribution in [3.8, 4) is 0 Å². The fraction of sp³-hybridized carbons (Fsp3) is 0.438. The fourth-order valence-electron chi connectivity index (χ4n) is 3.03. The molecule has 0 bridgehead atoms. The average Bonchev–Trinajstić information content (AvgIpc) is 2.82. The number of aromatic nitrogens is 1. The molecule has 1 aromatic carbocycles. The van der Waals surface area contributed by atoms with Gasteiger partial charge in [-0.3, -0.25) is 4.98 Å². The Morgan fingerprint density at radius 1 is 1.28 bits per heavy atom. The van der Waals surface area contributed by atoms with Gasteiger partial charge in [-0.1, -0.05) is 31.5 Å². The smallest absolute Gasteiger partial charge is 0.0346 e. The predicted octanol–water partition coefficient (Wildman–Crippen LogP) is 3.51. The Hall–Kier alpha value is -1.41. The van der Waals surface area contributed by atoms with Crippen LogP contribution in [0.5, 0.6) is 0 Å². The lowest BCUT2D eigenvalue weighted by molar-refractivity contribution is 0.426. The van der Waals surface area contributed by atoms with Gasteiger partial charge in [-0.2, -0.15) is 0 Å². The summed E-state index contributed by atoms with van der Waals surface area (Å²) in [6.07, 6.45) is 7.89. The molecular weight excluding hydrogens is 220 g/mol. The summed E-state index contributed by atoms with van der Waals surface area (Å²) < 4.78 is 0. The molecule has 1 aliphatic rings. The van der Waals surface area contributed by atoms with E-state index in [1.54, 1.807) is 0 Å². The standard InChI is InChI=1S/C16H20N2/c1-12-4-2-7-16(12)18-11-14-6-3-5-13-10-17-9-8-15(13)14/h3,5-6,8-10,12,16,18H,2,4,7,11H2,1H3. The average molecular weight is 240 g/mol. The first-order valence-corrected chi connectivity index (χ1v) is 6.89. The van der Waals surface area contributed by atoms with E-state index >= 15 is 0 Å². The molecule has 18 heavy (non-hydrogen) atoms. The Labute approximate surface area is 108 Å². The third-order valence-corrected chi connectivity index (χ3v) is 4.19. The maximum atomic E-state index is 4.18. The Morgan fingerprint density at radius 3 is 3.06 bits per heavy atom. The Bertz CT molecular complexity index is 530. The van der Waals surface area contributed by atoms with Gasteiger partial charge in [0.2, 0.25) is 0 Å². The van der Waals surface area contributed by atoms with Crippen molar-refractivity contribution in [1.82, 2.24) is 10.3 Å². The van der Waals surface area contributed by atoms with Crippen molar-refractivity contribution in [1.29, 1.82) is 0 Å². The predicted molar refractivity (Wildman–Crippen MR) is 75.4 cm³/mol. The van der Waals surface area contributed by atoms with Gasteiger partial charge in [0.05, 0.1) is 0 Å². The van der Waals surface area contributed by atoms with Crippen LogP contribution in [-0.2, 0) is 6.54 Å². The van der Waals surface area contributed by atoms with Crippen molar-refractivity contribution in [3.05, 3.63) is 42.2 Å². The molecule has 1 aromatic heterocycles. The monoisotopic (exact) mass is 240 g/mol. The van der Waals surface area contributed by atoms with Gasteiger partial charge in [0, 0.05) is 30.4 Å². The molecule has 0 saturated heterocycles. The molecule has 0 spiro atoms. The summed E-state index contributed by atoms with van der Waals surface area (Å²) in [5, 5.41) is 6.28. The highest BCUT2D eigenvalue weighted by atomic mass is 14.9. The molecular formula is C16H20N2. The van der Waals surface area contributed by atoms with E-state index in [1.165, 1.54) is 35.6 Å². The Kier molecular flexibility index (Phi) is 3.28. The molecule has 0 amide bonds. The maximum Gasteiger partial charge on any atom is 0.0346 e. The van der Waals surface area contributed by atoms with Crippen LogP contribution in [0.1, 0.15) is 31.7 Å². The number of nitrogens with zero attached hydrogens (tertiary/aromatic N) is 1. The summed E-state index contributed by atoms with van der Waals surface area (Å²) in [6, 6.07) is 9.28. The van der Waals surface area contributed by atoms with Gasteiger partial charge in [0.25, 0.3) is 0 Å². The molecule has 2 aromatic rings. The number of rotatable bonds is 3. The molecule has 2 atom stereocenters. The highest BCUT2D eigenvalue weighted by molar-refractivity contribution is 5.84. The molecule has 2 unspecified atom stereocenters. The lowest BCUT2D eigenvalue weighted by Gasteiger charge is -2.18. The van der Waals surface area contributed by atoms with E-state index in [-0.39, 0.29) is 0 Å². The lowest BCUT2D eigenvalue weighted by Crippen LogP contribution is -2.30. The summed E-state index contributed by atoms with van der Waals surface area (Å²) in [6.45, 7) is 3.33. The number of nitrogens with one attached hydrogen (secondary N) is 1. The van der Waals surface area contributed by atoms with Crippen LogP contribution in [0.3, 0.4) is 0 Å². The summed E-state index contributed by atoms with van der Waals surface area (Å²) in [7, 11) is 0. The Morgan fingerprint density at radius 2 is 2.22 bits per heavy atom. The third-order valence-electron chi connectivity index (χ3n) is 4.19. The molecule has 3 rings (SSSR count). The zero-order valence-corrected chi connectivity index (χ0v) is 10.9. The van der Waals surface area contributed by atoms with Crippen molar-refractivity contribution >= 4 is 10.8 Å². The van der Waals surface area contributed by atoms with Crippen molar-refractivity contribution in [2.45, 2.75) is 38.8 Å². The fourth-order valence-corrected chi connectivity index (χ4v) is 3.03. The van der Waals surface area contributed by atoms with E-state index in [0.717, 1.165) is 12.5 Å². The minimum atomic E-state index is 0.696. The first kappa shape index (κ1) is 11.7. The van der Waals surface area contributed by atoms with E-state index in [0.29, 0.717) is 6.04 Å². The van der Waals surface area contributed by atoms with E-state index in [1.807, 2.05) is 12.4 Å². The Balaban J connectivity index is 1.78. The molecule has 0 radical (unpaired) electrons. The maximum absolute atomic E-state index is 4.18. The zero-order chi connectivity index (χ0) is 12.4. The third kappa shape index (κ3) is 2.25. The second-order valence-electron chi connectivity index (χ2n) is 5.41. The summed E-state index contributed by atoms with van der Waals surface area (Å²) in [4.78, 5) is 4.18. The van der Waals surface area contributed by atoms with Gasteiger partial charge in [-0.15, -0.1) is 0 Å². The van der Waals surface area contributed by atoms with Gasteiger partial charge >= 0.3 is 0 Å². The van der Waals surface area contributed by atoms with Gasteiger partial charge in [-0.25, -0.2) is 0 Å². The van der Waals surface area contributed by atoms with E-state index in [2.05, 4.69) is 41.5 Å². The number of hydrogen-bond acceptors (Lipinski definition) is 2. The van der Waals surface area contributed by atoms with E-state index < -0.39 is 0 Å².